The predicted molar refractivity (Wildman–Crippen MR) is 56.9 cm³/mol. The van der Waals surface area contributed by atoms with E-state index in [2.05, 4.69) is 42.4 Å². The summed E-state index contributed by atoms with van der Waals surface area (Å²) in [6.07, 6.45) is 0. The minimum Gasteiger partial charge on any atom is -0.366 e. The van der Waals surface area contributed by atoms with Crippen molar-refractivity contribution >= 4 is 11.4 Å². The fourth-order valence-corrected chi connectivity index (χ4v) is 1.40. The number of benzene rings is 1. The minimum atomic E-state index is 0. The highest BCUT2D eigenvalue weighted by Gasteiger charge is 2.13. The zero-order valence-corrected chi connectivity index (χ0v) is 6.89. The first-order valence-corrected chi connectivity index (χ1v) is 3.83. The quantitative estimate of drug-likeness (QED) is 0.637. The molecule has 0 radical (unpaired) electrons. The number of hydrogen-bond acceptors (Lipinski definition) is 2. The average Bonchev–Trinajstić information content (AvgIpc) is 2.33. The van der Waals surface area contributed by atoms with E-state index in [0.29, 0.717) is 0 Å². The van der Waals surface area contributed by atoms with Crippen molar-refractivity contribution in [2.75, 3.05) is 23.9 Å². The van der Waals surface area contributed by atoms with E-state index in [-0.39, 0.29) is 8.85 Å². The smallest absolute Gasteiger partial charge is 0.0874 e. The Morgan fingerprint density at radius 2 is 2.25 bits per heavy atom. The molecule has 1 aromatic carbocycles. The van der Waals surface area contributed by atoms with Gasteiger partial charge in [0.1, 0.15) is 0 Å². The van der Waals surface area contributed by atoms with E-state index in [4.69, 9.17) is 0 Å². The summed E-state index contributed by atoms with van der Waals surface area (Å²) >= 11 is 0. The second-order valence-corrected chi connectivity index (χ2v) is 3.05. The normalized spacial score (nSPS) is 13.3. The van der Waals surface area contributed by atoms with Crippen LogP contribution in [-0.2, 0) is 0 Å². The van der Waals surface area contributed by atoms with Crippen molar-refractivity contribution in [1.29, 1.82) is 0 Å². The van der Waals surface area contributed by atoms with Crippen molar-refractivity contribution in [1.82, 2.24) is 0 Å². The molecule has 0 amide bonds. The minimum absolute atomic E-state index is 0. The second-order valence-electron chi connectivity index (χ2n) is 3.05. The van der Waals surface area contributed by atoms with Gasteiger partial charge < -0.3 is 10.2 Å². The zero-order chi connectivity index (χ0) is 7.84. The van der Waals surface area contributed by atoms with Crippen molar-refractivity contribution in [3.8, 4) is 0 Å². The van der Waals surface area contributed by atoms with Crippen LogP contribution in [0.4, 0.5) is 11.4 Å². The molecule has 2 nitrogen and oxygen atoms in total. The molecule has 0 saturated carbocycles. The molecular weight excluding hydrogens is 148 g/mol. The molecular formula is C10H18N2. The molecule has 1 heterocycles. The lowest BCUT2D eigenvalue weighted by molar-refractivity contribution is 1.03. The maximum atomic E-state index is 3.30. The molecule has 0 bridgehead atoms. The van der Waals surface area contributed by atoms with Gasteiger partial charge in [0.2, 0.25) is 0 Å². The van der Waals surface area contributed by atoms with Gasteiger partial charge in [-0.3, -0.25) is 0 Å². The van der Waals surface area contributed by atoms with Gasteiger partial charge in [0.05, 0.1) is 18.0 Å². The van der Waals surface area contributed by atoms with Gasteiger partial charge in [0.25, 0.3) is 0 Å². The number of rotatable bonds is 0. The lowest BCUT2D eigenvalue weighted by atomic mass is 10.2. The Kier molecular flexibility index (Phi) is 2.27. The molecule has 2 rings (SSSR count). The van der Waals surface area contributed by atoms with Crippen LogP contribution in [0.1, 0.15) is 14.4 Å². The number of anilines is 2. The molecule has 1 aliphatic rings. The molecule has 12 heavy (non-hydrogen) atoms. The number of fused-ring (bicyclic) bond motifs is 1. The molecule has 1 aromatic rings. The third kappa shape index (κ3) is 1.24. The van der Waals surface area contributed by atoms with Gasteiger partial charge in [0.15, 0.2) is 0 Å². The predicted octanol–water partition coefficient (Wildman–Crippen LogP) is 2.70. The molecule has 0 aromatic heterocycles. The fraction of sp³-hybridized carbons (Fsp3) is 0.400. The van der Waals surface area contributed by atoms with Crippen LogP contribution in [0.2, 0.25) is 0 Å². The fourth-order valence-electron chi connectivity index (χ4n) is 1.40. The molecule has 0 fully saturated rings. The number of nitrogens with one attached hydrogen (secondary N) is 1. The van der Waals surface area contributed by atoms with E-state index in [1.54, 1.807) is 0 Å². The molecule has 1 N–H and O–H groups in total. The Morgan fingerprint density at radius 1 is 1.50 bits per heavy atom. The third-order valence-corrected chi connectivity index (χ3v) is 2.07. The van der Waals surface area contributed by atoms with Crippen LogP contribution >= 0.6 is 0 Å². The Balaban J connectivity index is 0.000000720. The summed E-state index contributed by atoms with van der Waals surface area (Å²) in [5, 5.41) is 3.30. The maximum absolute atomic E-state index is 3.30. The van der Waals surface area contributed by atoms with Crippen LogP contribution in [0.25, 0.3) is 0 Å². The van der Waals surface area contributed by atoms with E-state index >= 15 is 0 Å². The van der Waals surface area contributed by atoms with Gasteiger partial charge in [0, 0.05) is 8.47 Å². The lowest BCUT2D eigenvalue weighted by Gasteiger charge is -2.09. The van der Waals surface area contributed by atoms with Crippen molar-refractivity contribution in [3.63, 3.8) is 0 Å². The molecule has 0 saturated heterocycles. The molecule has 2 heteroatoms. The number of hydrogen-bond donors (Lipinski definition) is 1. The molecule has 0 aliphatic carbocycles. The van der Waals surface area contributed by atoms with Gasteiger partial charge in [-0.15, -0.1) is 0 Å². The first-order chi connectivity index (χ1) is 5.27. The highest BCUT2D eigenvalue weighted by atomic mass is 15.3. The van der Waals surface area contributed by atoms with E-state index < -0.39 is 0 Å². The highest BCUT2D eigenvalue weighted by Crippen LogP contribution is 2.30. The van der Waals surface area contributed by atoms with Crippen LogP contribution in [0.5, 0.6) is 0 Å². The van der Waals surface area contributed by atoms with Crippen molar-refractivity contribution in [3.05, 3.63) is 23.8 Å². The molecule has 0 unspecified atom stereocenters. The van der Waals surface area contributed by atoms with E-state index in [9.17, 15) is 0 Å². The second kappa shape index (κ2) is 3.05. The first kappa shape index (κ1) is 8.91. The average molecular weight is 166 g/mol. The standard InChI is InChI=1S/C9H12N2.CH4.H2/c1-7-3-4-8-9(5-7)11(2)6-10-8;;/h3-5,10H,6H2,1-2H3;1H4;1H. The van der Waals surface area contributed by atoms with Gasteiger partial charge in [-0.2, -0.15) is 0 Å². The van der Waals surface area contributed by atoms with Crippen LogP contribution in [0.15, 0.2) is 18.2 Å². The first-order valence-electron chi connectivity index (χ1n) is 3.83. The van der Waals surface area contributed by atoms with Gasteiger partial charge in [-0.05, 0) is 24.6 Å². The highest BCUT2D eigenvalue weighted by molar-refractivity contribution is 5.74. The van der Waals surface area contributed by atoms with Crippen LogP contribution in [-0.4, -0.2) is 13.7 Å². The lowest BCUT2D eigenvalue weighted by Crippen LogP contribution is -2.15. The SMILES string of the molecule is C.Cc1ccc2c(c1)N(C)CN2.[HH]. The summed E-state index contributed by atoms with van der Waals surface area (Å²) in [4.78, 5) is 2.21. The Labute approximate surface area is 75.7 Å². The summed E-state index contributed by atoms with van der Waals surface area (Å²) in [6, 6.07) is 6.47. The largest absolute Gasteiger partial charge is 0.366 e. The molecule has 1 aliphatic heterocycles. The van der Waals surface area contributed by atoms with Gasteiger partial charge in [-0.25, -0.2) is 0 Å². The number of nitrogens with zero attached hydrogens (tertiary/aromatic N) is 1. The number of aryl methyl sites for hydroxylation is 1. The van der Waals surface area contributed by atoms with Crippen LogP contribution in [0.3, 0.4) is 0 Å². The zero-order valence-electron chi connectivity index (χ0n) is 6.89. The summed E-state index contributed by atoms with van der Waals surface area (Å²) in [6.45, 7) is 3.05. The van der Waals surface area contributed by atoms with Crippen molar-refractivity contribution < 1.29 is 1.43 Å². The monoisotopic (exact) mass is 166 g/mol. The Hall–Kier alpha value is -1.18. The Bertz CT molecular complexity index is 286. The van der Waals surface area contributed by atoms with Gasteiger partial charge in [-0.1, -0.05) is 13.5 Å². The van der Waals surface area contributed by atoms with Gasteiger partial charge >= 0.3 is 0 Å². The Morgan fingerprint density at radius 3 is 3.00 bits per heavy atom. The summed E-state index contributed by atoms with van der Waals surface area (Å²) < 4.78 is 0. The topological polar surface area (TPSA) is 15.3 Å². The van der Waals surface area contributed by atoms with Crippen molar-refractivity contribution in [2.24, 2.45) is 0 Å². The van der Waals surface area contributed by atoms with Crippen LogP contribution < -0.4 is 10.2 Å². The van der Waals surface area contributed by atoms with Crippen LogP contribution in [0, 0.1) is 6.92 Å². The van der Waals surface area contributed by atoms with E-state index in [0.717, 1.165) is 6.67 Å². The summed E-state index contributed by atoms with van der Waals surface area (Å²) in [5.41, 5.74) is 3.88. The third-order valence-electron chi connectivity index (χ3n) is 2.07. The molecule has 0 spiro atoms. The molecule has 68 valence electrons. The van der Waals surface area contributed by atoms with E-state index in [1.807, 2.05) is 0 Å². The summed E-state index contributed by atoms with van der Waals surface area (Å²) in [7, 11) is 2.10. The summed E-state index contributed by atoms with van der Waals surface area (Å²) in [5.74, 6) is 0. The van der Waals surface area contributed by atoms with E-state index in [1.165, 1.54) is 16.9 Å². The molecule has 0 atom stereocenters. The maximum Gasteiger partial charge on any atom is 0.0874 e. The van der Waals surface area contributed by atoms with Crippen molar-refractivity contribution in [2.45, 2.75) is 14.4 Å².